The van der Waals surface area contributed by atoms with Crippen LogP contribution in [0.25, 0.3) is 0 Å². The Morgan fingerprint density at radius 1 is 1.47 bits per heavy atom. The average Bonchev–Trinajstić information content (AvgIpc) is 2.31. The van der Waals surface area contributed by atoms with Gasteiger partial charge in [-0.05, 0) is 48.8 Å². The summed E-state index contributed by atoms with van der Waals surface area (Å²) in [5.41, 5.74) is 0.169. The lowest BCUT2D eigenvalue weighted by atomic mass is 9.90. The number of nitrogens with one attached hydrogen (secondary N) is 1. The van der Waals surface area contributed by atoms with Gasteiger partial charge in [0, 0.05) is 29.3 Å². The highest BCUT2D eigenvalue weighted by Gasteiger charge is 2.29. The highest BCUT2D eigenvalue weighted by Crippen LogP contribution is 2.27. The maximum absolute atomic E-state index is 13.8. The summed E-state index contributed by atoms with van der Waals surface area (Å²) < 4.78 is 14.4. The number of nitrogens with zero attached hydrogens (tertiary/aromatic N) is 2. The predicted molar refractivity (Wildman–Crippen MR) is 70.8 cm³/mol. The normalized spacial score (nSPS) is 19.4. The minimum absolute atomic E-state index is 0.169. The summed E-state index contributed by atoms with van der Waals surface area (Å²) in [4.78, 5) is 6.17. The minimum Gasteiger partial charge on any atom is -0.354 e. The molecule has 1 fully saturated rings. The Balaban J connectivity index is 2.10. The maximum Gasteiger partial charge on any atom is 0.166 e. The average molecular weight is 302 g/mol. The van der Waals surface area contributed by atoms with Crippen LogP contribution in [-0.2, 0) is 0 Å². The lowest BCUT2D eigenvalue weighted by molar-refractivity contribution is 0.303. The van der Waals surface area contributed by atoms with Crippen LogP contribution in [0.4, 0.5) is 10.2 Å². The van der Waals surface area contributed by atoms with Gasteiger partial charge in [-0.2, -0.15) is 0 Å². The highest BCUT2D eigenvalue weighted by molar-refractivity contribution is 9.10. The molecule has 0 atom stereocenters. The van der Waals surface area contributed by atoms with Crippen molar-refractivity contribution in [1.29, 1.82) is 0 Å². The van der Waals surface area contributed by atoms with Gasteiger partial charge in [-0.1, -0.05) is 0 Å². The molecule has 1 aromatic heterocycles. The molecule has 0 amide bonds. The minimum atomic E-state index is -0.257. The highest BCUT2D eigenvalue weighted by atomic mass is 79.9. The third kappa shape index (κ3) is 2.77. The molecule has 17 heavy (non-hydrogen) atoms. The van der Waals surface area contributed by atoms with Crippen LogP contribution in [0.1, 0.15) is 19.8 Å². The number of pyridine rings is 1. The summed E-state index contributed by atoms with van der Waals surface area (Å²) in [7, 11) is 1.98. The number of hydrogen-bond donors (Lipinski definition) is 1. The zero-order valence-electron chi connectivity index (χ0n) is 10.1. The van der Waals surface area contributed by atoms with E-state index in [0.717, 1.165) is 25.9 Å². The second-order valence-electron chi connectivity index (χ2n) is 4.76. The summed E-state index contributed by atoms with van der Waals surface area (Å²) in [5.74, 6) is 0.207. The Morgan fingerprint density at radius 3 is 2.65 bits per heavy atom. The van der Waals surface area contributed by atoms with Crippen LogP contribution >= 0.6 is 15.9 Å². The molecule has 0 spiro atoms. The van der Waals surface area contributed by atoms with Crippen molar-refractivity contribution in [3.05, 3.63) is 22.6 Å². The molecule has 1 saturated heterocycles. The van der Waals surface area contributed by atoms with Crippen molar-refractivity contribution < 1.29 is 4.39 Å². The third-order valence-electron chi connectivity index (χ3n) is 3.56. The van der Waals surface area contributed by atoms with Crippen LogP contribution in [0.5, 0.6) is 0 Å². The number of hydrogen-bond acceptors (Lipinski definition) is 3. The molecule has 0 saturated carbocycles. The quantitative estimate of drug-likeness (QED) is 0.910. The molecule has 0 unspecified atom stereocenters. The van der Waals surface area contributed by atoms with Crippen molar-refractivity contribution in [1.82, 2.24) is 10.3 Å². The summed E-state index contributed by atoms with van der Waals surface area (Å²) in [6, 6.07) is 1.47. The topological polar surface area (TPSA) is 28.2 Å². The van der Waals surface area contributed by atoms with Crippen molar-refractivity contribution in [2.75, 3.05) is 25.0 Å². The first-order valence-corrected chi connectivity index (χ1v) is 6.58. The van der Waals surface area contributed by atoms with Crippen LogP contribution < -0.4 is 10.2 Å². The molecular formula is C12H17BrFN3. The maximum atomic E-state index is 13.8. The standard InChI is InChI=1S/C12H17BrFN3/c1-12(15-2)3-5-17(6-4-12)11-10(14)7-9(13)8-16-11/h7-8,15H,3-6H2,1-2H3. The second-order valence-corrected chi connectivity index (χ2v) is 5.67. The van der Waals surface area contributed by atoms with E-state index in [9.17, 15) is 4.39 Å². The summed E-state index contributed by atoms with van der Waals surface area (Å²) in [6.45, 7) is 3.88. The zero-order chi connectivity index (χ0) is 12.5. The Morgan fingerprint density at radius 2 is 2.12 bits per heavy atom. The summed E-state index contributed by atoms with van der Waals surface area (Å²) in [6.07, 6.45) is 3.64. The number of piperidine rings is 1. The van der Waals surface area contributed by atoms with Gasteiger partial charge >= 0.3 is 0 Å². The van der Waals surface area contributed by atoms with Gasteiger partial charge in [-0.15, -0.1) is 0 Å². The second kappa shape index (κ2) is 4.90. The van der Waals surface area contributed by atoms with E-state index in [4.69, 9.17) is 0 Å². The van der Waals surface area contributed by atoms with E-state index in [1.165, 1.54) is 6.07 Å². The Bertz CT molecular complexity index is 403. The smallest absolute Gasteiger partial charge is 0.166 e. The van der Waals surface area contributed by atoms with Crippen molar-refractivity contribution in [2.45, 2.75) is 25.3 Å². The number of anilines is 1. The molecular weight excluding hydrogens is 285 g/mol. The van der Waals surface area contributed by atoms with E-state index in [1.807, 2.05) is 11.9 Å². The first-order valence-electron chi connectivity index (χ1n) is 5.79. The van der Waals surface area contributed by atoms with Crippen LogP contribution in [0, 0.1) is 5.82 Å². The molecule has 3 nitrogen and oxygen atoms in total. The molecule has 94 valence electrons. The molecule has 5 heteroatoms. The predicted octanol–water partition coefficient (Wildman–Crippen LogP) is 2.56. The van der Waals surface area contributed by atoms with Crippen LogP contribution in [0.2, 0.25) is 0 Å². The zero-order valence-corrected chi connectivity index (χ0v) is 11.7. The van der Waals surface area contributed by atoms with Gasteiger partial charge in [0.1, 0.15) is 0 Å². The fraction of sp³-hybridized carbons (Fsp3) is 0.583. The van der Waals surface area contributed by atoms with Crippen LogP contribution in [0.3, 0.4) is 0 Å². The SMILES string of the molecule is CNC1(C)CCN(c2ncc(Br)cc2F)CC1. The Hall–Kier alpha value is -0.680. The first-order chi connectivity index (χ1) is 8.04. The molecule has 2 heterocycles. The molecule has 1 N–H and O–H groups in total. The van der Waals surface area contributed by atoms with Crippen molar-refractivity contribution in [3.8, 4) is 0 Å². The van der Waals surface area contributed by atoms with Gasteiger partial charge in [0.2, 0.25) is 0 Å². The van der Waals surface area contributed by atoms with E-state index >= 15 is 0 Å². The van der Waals surface area contributed by atoms with Crippen molar-refractivity contribution >= 4 is 21.7 Å². The van der Waals surface area contributed by atoms with Crippen LogP contribution in [0.15, 0.2) is 16.7 Å². The van der Waals surface area contributed by atoms with Gasteiger partial charge in [0.15, 0.2) is 11.6 Å². The van der Waals surface area contributed by atoms with Gasteiger partial charge < -0.3 is 10.2 Å². The molecule has 0 radical (unpaired) electrons. The van der Waals surface area contributed by atoms with Crippen molar-refractivity contribution in [3.63, 3.8) is 0 Å². The number of rotatable bonds is 2. The van der Waals surface area contributed by atoms with Crippen molar-refractivity contribution in [2.24, 2.45) is 0 Å². The van der Waals surface area contributed by atoms with Gasteiger partial charge in [0.05, 0.1) is 0 Å². The van der Waals surface area contributed by atoms with Gasteiger partial charge in [0.25, 0.3) is 0 Å². The molecule has 0 aromatic carbocycles. The van der Waals surface area contributed by atoms with Crippen LogP contribution in [-0.4, -0.2) is 30.7 Å². The fourth-order valence-electron chi connectivity index (χ4n) is 2.10. The van der Waals surface area contributed by atoms with Gasteiger partial charge in [-0.3, -0.25) is 0 Å². The van der Waals surface area contributed by atoms with E-state index < -0.39 is 0 Å². The van der Waals surface area contributed by atoms with Gasteiger partial charge in [-0.25, -0.2) is 9.37 Å². The number of halogens is 2. The third-order valence-corrected chi connectivity index (χ3v) is 3.99. The van der Waals surface area contributed by atoms with E-state index in [0.29, 0.717) is 10.3 Å². The molecule has 0 aliphatic carbocycles. The molecule has 1 aliphatic heterocycles. The van der Waals surface area contributed by atoms with E-state index in [-0.39, 0.29) is 11.4 Å². The van der Waals surface area contributed by atoms with E-state index in [1.54, 1.807) is 6.20 Å². The summed E-state index contributed by atoms with van der Waals surface area (Å²) in [5, 5.41) is 3.33. The monoisotopic (exact) mass is 301 g/mol. The molecule has 1 aromatic rings. The lowest BCUT2D eigenvalue weighted by Crippen LogP contribution is -2.50. The summed E-state index contributed by atoms with van der Waals surface area (Å²) >= 11 is 3.22. The largest absolute Gasteiger partial charge is 0.354 e. The Labute approximate surface area is 110 Å². The fourth-order valence-corrected chi connectivity index (χ4v) is 2.41. The lowest BCUT2D eigenvalue weighted by Gasteiger charge is -2.39. The Kier molecular flexibility index (Phi) is 3.68. The molecule has 1 aliphatic rings. The van der Waals surface area contributed by atoms with E-state index in [2.05, 4.69) is 33.2 Å². The number of aromatic nitrogens is 1. The molecule has 2 rings (SSSR count). The molecule has 0 bridgehead atoms. The first kappa shape index (κ1) is 12.8.